The fraction of sp³-hybridized carbons (Fsp3) is 0.0638. The van der Waals surface area contributed by atoms with Crippen molar-refractivity contribution < 1.29 is 4.42 Å². The van der Waals surface area contributed by atoms with E-state index in [4.69, 9.17) is 14.4 Å². The van der Waals surface area contributed by atoms with Crippen LogP contribution in [0.4, 0.5) is 0 Å². The van der Waals surface area contributed by atoms with Gasteiger partial charge in [-0.05, 0) is 88.5 Å². The third-order valence-electron chi connectivity index (χ3n) is 11.0. The van der Waals surface area contributed by atoms with Crippen LogP contribution in [0, 0.1) is 0 Å². The van der Waals surface area contributed by atoms with Crippen LogP contribution in [0.2, 0.25) is 0 Å². The van der Waals surface area contributed by atoms with Crippen LogP contribution in [-0.2, 0) is 5.41 Å². The van der Waals surface area contributed by atoms with Crippen LogP contribution in [0.1, 0.15) is 25.0 Å². The van der Waals surface area contributed by atoms with Gasteiger partial charge in [0.15, 0.2) is 0 Å². The highest BCUT2D eigenvalue weighted by molar-refractivity contribution is 6.13. The van der Waals surface area contributed by atoms with E-state index in [1.54, 1.807) is 0 Å². The van der Waals surface area contributed by atoms with Crippen molar-refractivity contribution >= 4 is 54.8 Å². The standard InChI is InChI=1S/C47H31N3O/c1-47(2)38-18-8-6-14-30(38)35-25-36-31-15-7-9-20-42(31)50(43(36)27-39(35)47)29-21-22-44-37(24-29)32-16-10-17-33(46(32)51-44)41-26-34(28-12-4-3-5-13-28)45-40(49-41)19-11-23-48-45/h3-27H,1-2H3. The summed E-state index contributed by atoms with van der Waals surface area (Å²) in [5.41, 5.74) is 16.3. The lowest BCUT2D eigenvalue weighted by Crippen LogP contribution is -2.14. The molecule has 51 heavy (non-hydrogen) atoms. The number of aromatic nitrogens is 3. The van der Waals surface area contributed by atoms with Gasteiger partial charge in [0.2, 0.25) is 0 Å². The Hall–Kier alpha value is -6.52. The van der Waals surface area contributed by atoms with Gasteiger partial charge in [0.25, 0.3) is 0 Å². The number of para-hydroxylation sites is 2. The van der Waals surface area contributed by atoms with Crippen molar-refractivity contribution in [1.29, 1.82) is 0 Å². The van der Waals surface area contributed by atoms with Gasteiger partial charge in [0.05, 0.1) is 27.8 Å². The molecule has 0 saturated heterocycles. The largest absolute Gasteiger partial charge is 0.455 e. The maximum absolute atomic E-state index is 6.70. The van der Waals surface area contributed by atoms with E-state index in [2.05, 4.69) is 146 Å². The SMILES string of the molecule is CC1(C)c2ccccc2-c2cc3c4ccccc4n(-c4ccc5oc6c(-c7cc(-c8ccccc8)c8ncccc8n7)cccc6c5c4)c3cc21. The summed E-state index contributed by atoms with van der Waals surface area (Å²) in [5, 5.41) is 4.66. The molecule has 0 unspecified atom stereocenters. The van der Waals surface area contributed by atoms with E-state index >= 15 is 0 Å². The van der Waals surface area contributed by atoms with Crippen LogP contribution in [0.3, 0.4) is 0 Å². The smallest absolute Gasteiger partial charge is 0.144 e. The third-order valence-corrected chi connectivity index (χ3v) is 11.0. The molecule has 0 atom stereocenters. The lowest BCUT2D eigenvalue weighted by molar-refractivity contribution is 0.661. The number of nitrogens with zero attached hydrogens (tertiary/aromatic N) is 3. The number of hydrogen-bond donors (Lipinski definition) is 0. The Bertz CT molecular complexity index is 3060. The Labute approximate surface area is 294 Å². The van der Waals surface area contributed by atoms with Crippen LogP contribution < -0.4 is 0 Å². The van der Waals surface area contributed by atoms with Gasteiger partial charge in [-0.15, -0.1) is 0 Å². The molecule has 0 bridgehead atoms. The quantitative estimate of drug-likeness (QED) is 0.191. The zero-order valence-electron chi connectivity index (χ0n) is 28.2. The molecule has 0 saturated carbocycles. The number of pyridine rings is 2. The number of fused-ring (bicyclic) bond motifs is 10. The van der Waals surface area contributed by atoms with E-state index in [0.717, 1.165) is 61.0 Å². The molecule has 1 aliphatic rings. The predicted octanol–water partition coefficient (Wildman–Crippen LogP) is 12.3. The first-order chi connectivity index (χ1) is 25.0. The van der Waals surface area contributed by atoms with E-state index in [1.807, 2.05) is 24.4 Å². The molecule has 0 spiro atoms. The summed E-state index contributed by atoms with van der Waals surface area (Å²) < 4.78 is 9.13. The molecule has 6 aromatic carbocycles. The maximum atomic E-state index is 6.70. The highest BCUT2D eigenvalue weighted by Crippen LogP contribution is 2.51. The minimum atomic E-state index is -0.0875. The second kappa shape index (κ2) is 10.3. The molecule has 240 valence electrons. The van der Waals surface area contributed by atoms with Crippen molar-refractivity contribution in [3.05, 3.63) is 163 Å². The molecule has 4 heteroatoms. The predicted molar refractivity (Wildman–Crippen MR) is 210 cm³/mol. The fourth-order valence-electron chi connectivity index (χ4n) is 8.61. The van der Waals surface area contributed by atoms with Crippen molar-refractivity contribution in [2.24, 2.45) is 0 Å². The van der Waals surface area contributed by atoms with Gasteiger partial charge in [-0.25, -0.2) is 4.98 Å². The Morgan fingerprint density at radius 2 is 1.35 bits per heavy atom. The van der Waals surface area contributed by atoms with Crippen LogP contribution in [0.5, 0.6) is 0 Å². The number of benzene rings is 6. The molecule has 0 amide bonds. The zero-order valence-corrected chi connectivity index (χ0v) is 28.2. The van der Waals surface area contributed by atoms with Gasteiger partial charge in [0, 0.05) is 50.0 Å². The van der Waals surface area contributed by atoms with E-state index in [9.17, 15) is 0 Å². The highest BCUT2D eigenvalue weighted by Gasteiger charge is 2.36. The van der Waals surface area contributed by atoms with E-state index in [1.165, 1.54) is 44.1 Å². The van der Waals surface area contributed by atoms with Crippen molar-refractivity contribution in [3.8, 4) is 39.2 Å². The molecule has 0 N–H and O–H groups in total. The molecular weight excluding hydrogens is 623 g/mol. The van der Waals surface area contributed by atoms with Gasteiger partial charge >= 0.3 is 0 Å². The minimum absolute atomic E-state index is 0.0875. The average molecular weight is 654 g/mol. The molecule has 1 aliphatic carbocycles. The van der Waals surface area contributed by atoms with E-state index in [0.29, 0.717) is 0 Å². The molecule has 0 radical (unpaired) electrons. The number of hydrogen-bond acceptors (Lipinski definition) is 3. The normalized spacial score (nSPS) is 13.5. The van der Waals surface area contributed by atoms with Crippen LogP contribution in [0.15, 0.2) is 156 Å². The molecule has 4 aromatic heterocycles. The summed E-state index contributed by atoms with van der Waals surface area (Å²) in [4.78, 5) is 9.82. The lowest BCUT2D eigenvalue weighted by Gasteiger charge is -2.21. The molecule has 4 heterocycles. The zero-order chi connectivity index (χ0) is 33.8. The first-order valence-electron chi connectivity index (χ1n) is 17.5. The van der Waals surface area contributed by atoms with Gasteiger partial charge in [0.1, 0.15) is 11.2 Å². The summed E-state index contributed by atoms with van der Waals surface area (Å²) in [5.74, 6) is 0. The molecule has 4 nitrogen and oxygen atoms in total. The Morgan fingerprint density at radius 1 is 0.549 bits per heavy atom. The van der Waals surface area contributed by atoms with Gasteiger partial charge in [-0.2, -0.15) is 0 Å². The molecular formula is C47H31N3O. The maximum Gasteiger partial charge on any atom is 0.144 e. The second-order valence-corrected chi connectivity index (χ2v) is 14.2. The Balaban J connectivity index is 1.13. The van der Waals surface area contributed by atoms with Gasteiger partial charge in [-0.1, -0.05) is 98.8 Å². The van der Waals surface area contributed by atoms with Crippen LogP contribution >= 0.6 is 0 Å². The van der Waals surface area contributed by atoms with Crippen LogP contribution in [-0.4, -0.2) is 14.5 Å². The monoisotopic (exact) mass is 653 g/mol. The second-order valence-electron chi connectivity index (χ2n) is 14.2. The molecule has 10 aromatic rings. The average Bonchev–Trinajstić information content (AvgIpc) is 3.79. The van der Waals surface area contributed by atoms with Gasteiger partial charge < -0.3 is 8.98 Å². The summed E-state index contributed by atoms with van der Waals surface area (Å²) in [6.07, 6.45) is 1.83. The summed E-state index contributed by atoms with van der Waals surface area (Å²) in [6.45, 7) is 4.70. The third kappa shape index (κ3) is 3.96. The first kappa shape index (κ1) is 28.3. The van der Waals surface area contributed by atoms with E-state index < -0.39 is 0 Å². The number of furan rings is 1. The lowest BCUT2D eigenvalue weighted by atomic mass is 9.82. The summed E-state index contributed by atoms with van der Waals surface area (Å²) in [7, 11) is 0. The van der Waals surface area contributed by atoms with Crippen molar-refractivity contribution in [2.75, 3.05) is 0 Å². The Morgan fingerprint density at radius 3 is 2.27 bits per heavy atom. The Kier molecular flexibility index (Phi) is 5.70. The fourth-order valence-corrected chi connectivity index (χ4v) is 8.61. The highest BCUT2D eigenvalue weighted by atomic mass is 16.3. The van der Waals surface area contributed by atoms with E-state index in [-0.39, 0.29) is 5.41 Å². The molecule has 11 rings (SSSR count). The topological polar surface area (TPSA) is 43.9 Å². The first-order valence-corrected chi connectivity index (χ1v) is 17.5. The number of rotatable bonds is 3. The van der Waals surface area contributed by atoms with Gasteiger partial charge in [-0.3, -0.25) is 4.98 Å². The summed E-state index contributed by atoms with van der Waals surface area (Å²) >= 11 is 0. The van der Waals surface area contributed by atoms with Crippen molar-refractivity contribution in [1.82, 2.24) is 14.5 Å². The minimum Gasteiger partial charge on any atom is -0.455 e. The molecule has 0 aliphatic heterocycles. The van der Waals surface area contributed by atoms with Crippen molar-refractivity contribution in [2.45, 2.75) is 19.3 Å². The van der Waals surface area contributed by atoms with Crippen molar-refractivity contribution in [3.63, 3.8) is 0 Å². The summed E-state index contributed by atoms with van der Waals surface area (Å²) in [6, 6.07) is 52.0. The van der Waals surface area contributed by atoms with Crippen LogP contribution in [0.25, 0.3) is 94.0 Å². The molecule has 0 fully saturated rings.